The summed E-state index contributed by atoms with van der Waals surface area (Å²) in [6.07, 6.45) is 0. The molecule has 3 nitrogen and oxygen atoms in total. The minimum atomic E-state index is -2.89. The van der Waals surface area contributed by atoms with Crippen molar-refractivity contribution in [3.63, 3.8) is 0 Å². The number of benzene rings is 2. The van der Waals surface area contributed by atoms with Gasteiger partial charge in [0.1, 0.15) is 11.5 Å². The van der Waals surface area contributed by atoms with Crippen molar-refractivity contribution in [2.75, 3.05) is 5.32 Å². The SMILES string of the molecule is Oc1cccc(NCc2cc(Cl)ccc2OC(F)F)c1. The van der Waals surface area contributed by atoms with Crippen LogP contribution in [0.25, 0.3) is 0 Å². The van der Waals surface area contributed by atoms with Gasteiger partial charge in [0, 0.05) is 28.9 Å². The summed E-state index contributed by atoms with van der Waals surface area (Å²) < 4.78 is 29.0. The maximum absolute atomic E-state index is 12.3. The fraction of sp³-hybridized carbons (Fsp3) is 0.143. The van der Waals surface area contributed by atoms with Crippen molar-refractivity contribution in [2.24, 2.45) is 0 Å². The fourth-order valence-corrected chi connectivity index (χ4v) is 1.90. The maximum Gasteiger partial charge on any atom is 0.387 e. The molecule has 0 saturated carbocycles. The Morgan fingerprint density at radius 3 is 2.70 bits per heavy atom. The van der Waals surface area contributed by atoms with E-state index in [1.807, 2.05) is 0 Å². The van der Waals surface area contributed by atoms with Crippen LogP contribution in [0.5, 0.6) is 11.5 Å². The lowest BCUT2D eigenvalue weighted by Gasteiger charge is -2.12. The Morgan fingerprint density at radius 2 is 2.00 bits per heavy atom. The van der Waals surface area contributed by atoms with Crippen LogP contribution in [-0.4, -0.2) is 11.7 Å². The molecule has 0 aliphatic heterocycles. The second kappa shape index (κ2) is 6.43. The van der Waals surface area contributed by atoms with E-state index in [-0.39, 0.29) is 18.0 Å². The highest BCUT2D eigenvalue weighted by Crippen LogP contribution is 2.26. The van der Waals surface area contributed by atoms with Crippen molar-refractivity contribution in [3.8, 4) is 11.5 Å². The van der Waals surface area contributed by atoms with Crippen LogP contribution < -0.4 is 10.1 Å². The van der Waals surface area contributed by atoms with Crippen LogP contribution >= 0.6 is 11.6 Å². The van der Waals surface area contributed by atoms with Crippen LogP contribution in [0.2, 0.25) is 5.02 Å². The van der Waals surface area contributed by atoms with E-state index in [4.69, 9.17) is 11.6 Å². The zero-order valence-electron chi connectivity index (χ0n) is 10.3. The summed E-state index contributed by atoms with van der Waals surface area (Å²) in [5.74, 6) is 0.183. The lowest BCUT2D eigenvalue weighted by Crippen LogP contribution is -2.07. The lowest BCUT2D eigenvalue weighted by atomic mass is 10.2. The van der Waals surface area contributed by atoms with Crippen LogP contribution in [0.3, 0.4) is 0 Å². The zero-order chi connectivity index (χ0) is 14.5. The molecule has 0 bridgehead atoms. The smallest absolute Gasteiger partial charge is 0.387 e. The number of nitrogens with one attached hydrogen (secondary N) is 1. The first-order chi connectivity index (χ1) is 9.54. The van der Waals surface area contributed by atoms with Crippen LogP contribution in [0.15, 0.2) is 42.5 Å². The van der Waals surface area contributed by atoms with E-state index in [2.05, 4.69) is 10.1 Å². The van der Waals surface area contributed by atoms with Crippen molar-refractivity contribution in [2.45, 2.75) is 13.2 Å². The van der Waals surface area contributed by atoms with Crippen molar-refractivity contribution < 1.29 is 18.6 Å². The molecule has 0 aromatic heterocycles. The van der Waals surface area contributed by atoms with E-state index in [9.17, 15) is 13.9 Å². The van der Waals surface area contributed by atoms with Gasteiger partial charge in [-0.3, -0.25) is 0 Å². The molecule has 2 N–H and O–H groups in total. The van der Waals surface area contributed by atoms with Gasteiger partial charge >= 0.3 is 6.61 Å². The molecule has 2 aromatic carbocycles. The van der Waals surface area contributed by atoms with Gasteiger partial charge in [-0.2, -0.15) is 8.78 Å². The van der Waals surface area contributed by atoms with E-state index in [0.29, 0.717) is 16.3 Å². The number of phenolic OH excluding ortho intramolecular Hbond substituents is 1. The molecule has 0 unspecified atom stereocenters. The number of anilines is 1. The Morgan fingerprint density at radius 1 is 1.20 bits per heavy atom. The van der Waals surface area contributed by atoms with Crippen molar-refractivity contribution in [1.29, 1.82) is 0 Å². The molecule has 0 spiro atoms. The highest BCUT2D eigenvalue weighted by Gasteiger charge is 2.10. The van der Waals surface area contributed by atoms with Crippen molar-refractivity contribution in [3.05, 3.63) is 53.1 Å². The molecule has 0 aliphatic carbocycles. The highest BCUT2D eigenvalue weighted by atomic mass is 35.5. The molecule has 2 rings (SSSR count). The van der Waals surface area contributed by atoms with E-state index in [1.54, 1.807) is 18.2 Å². The van der Waals surface area contributed by atoms with E-state index in [0.717, 1.165) is 0 Å². The van der Waals surface area contributed by atoms with Crippen LogP contribution in [0.1, 0.15) is 5.56 Å². The molecule has 106 valence electrons. The molecule has 2 aromatic rings. The standard InChI is InChI=1S/C14H12ClF2NO2/c15-10-4-5-13(20-14(16)17)9(6-10)8-18-11-2-1-3-12(19)7-11/h1-7,14,18-19H,8H2. The Hall–Kier alpha value is -2.01. The van der Waals surface area contributed by atoms with Gasteiger partial charge in [0.2, 0.25) is 0 Å². The minimum Gasteiger partial charge on any atom is -0.508 e. The van der Waals surface area contributed by atoms with Crippen molar-refractivity contribution in [1.82, 2.24) is 0 Å². The molecular weight excluding hydrogens is 288 g/mol. The average Bonchev–Trinajstić information content (AvgIpc) is 2.39. The lowest BCUT2D eigenvalue weighted by molar-refractivity contribution is -0.0504. The summed E-state index contributed by atoms with van der Waals surface area (Å²) in [5.41, 5.74) is 1.16. The normalized spacial score (nSPS) is 10.6. The topological polar surface area (TPSA) is 41.5 Å². The second-order valence-electron chi connectivity index (χ2n) is 4.03. The molecule has 0 radical (unpaired) electrons. The number of hydrogen-bond acceptors (Lipinski definition) is 3. The quantitative estimate of drug-likeness (QED) is 0.867. The van der Waals surface area contributed by atoms with Gasteiger partial charge in [0.25, 0.3) is 0 Å². The Kier molecular flexibility index (Phi) is 4.63. The number of aromatic hydroxyl groups is 1. The average molecular weight is 300 g/mol. The molecule has 0 heterocycles. The highest BCUT2D eigenvalue weighted by molar-refractivity contribution is 6.30. The largest absolute Gasteiger partial charge is 0.508 e. The first kappa shape index (κ1) is 14.4. The predicted molar refractivity (Wildman–Crippen MR) is 73.5 cm³/mol. The number of ether oxygens (including phenoxy) is 1. The molecule has 0 saturated heterocycles. The van der Waals surface area contributed by atoms with Crippen molar-refractivity contribution >= 4 is 17.3 Å². The number of rotatable bonds is 5. The van der Waals surface area contributed by atoms with Crippen LogP contribution in [0, 0.1) is 0 Å². The first-order valence-corrected chi connectivity index (χ1v) is 6.18. The summed E-state index contributed by atoms with van der Waals surface area (Å²) in [5, 5.41) is 12.8. The first-order valence-electron chi connectivity index (χ1n) is 5.81. The van der Waals surface area contributed by atoms with Gasteiger partial charge in [0.15, 0.2) is 0 Å². The Balaban J connectivity index is 2.13. The monoisotopic (exact) mass is 299 g/mol. The molecule has 20 heavy (non-hydrogen) atoms. The number of halogens is 3. The predicted octanol–water partition coefficient (Wildman–Crippen LogP) is 4.26. The number of alkyl halides is 2. The van der Waals surface area contributed by atoms with Crippen LogP contribution in [0.4, 0.5) is 14.5 Å². The van der Waals surface area contributed by atoms with Gasteiger partial charge in [-0.25, -0.2) is 0 Å². The molecule has 0 amide bonds. The zero-order valence-corrected chi connectivity index (χ0v) is 11.1. The molecule has 0 aliphatic rings. The van der Waals surface area contributed by atoms with Gasteiger partial charge in [-0.05, 0) is 30.3 Å². The number of phenols is 1. The van der Waals surface area contributed by atoms with E-state index >= 15 is 0 Å². The molecular formula is C14H12ClF2NO2. The summed E-state index contributed by atoms with van der Waals surface area (Å²) in [6, 6.07) is 10.9. The minimum absolute atomic E-state index is 0.0667. The summed E-state index contributed by atoms with van der Waals surface area (Å²) in [7, 11) is 0. The molecule has 0 fully saturated rings. The van der Waals surface area contributed by atoms with Gasteiger partial charge in [-0.1, -0.05) is 17.7 Å². The molecule has 0 atom stereocenters. The van der Waals surface area contributed by atoms with E-state index < -0.39 is 6.61 Å². The van der Waals surface area contributed by atoms with Gasteiger partial charge < -0.3 is 15.2 Å². The van der Waals surface area contributed by atoms with Crippen LogP contribution in [-0.2, 0) is 6.54 Å². The third kappa shape index (κ3) is 3.99. The third-order valence-corrected chi connectivity index (χ3v) is 2.80. The maximum atomic E-state index is 12.3. The summed E-state index contributed by atoms with van der Waals surface area (Å²) in [6.45, 7) is -2.65. The fourth-order valence-electron chi connectivity index (χ4n) is 1.71. The van der Waals surface area contributed by atoms with E-state index in [1.165, 1.54) is 24.3 Å². The number of hydrogen-bond donors (Lipinski definition) is 2. The Labute approximate surface area is 119 Å². The Bertz CT molecular complexity index is 593. The summed E-state index contributed by atoms with van der Waals surface area (Å²) in [4.78, 5) is 0. The summed E-state index contributed by atoms with van der Waals surface area (Å²) >= 11 is 5.85. The van der Waals surface area contributed by atoms with Gasteiger partial charge in [-0.15, -0.1) is 0 Å². The third-order valence-electron chi connectivity index (χ3n) is 2.57. The second-order valence-corrected chi connectivity index (χ2v) is 4.47. The molecule has 6 heteroatoms. The van der Waals surface area contributed by atoms with Gasteiger partial charge in [0.05, 0.1) is 0 Å².